The van der Waals surface area contributed by atoms with E-state index in [2.05, 4.69) is 13.8 Å². The number of nitrogens with zero attached hydrogens (tertiary/aromatic N) is 2. The lowest BCUT2D eigenvalue weighted by atomic mass is 9.94. The smallest absolute Gasteiger partial charge is 0.254 e. The number of carbonyl (C=O) groups is 1. The second kappa shape index (κ2) is 7.43. The van der Waals surface area contributed by atoms with Crippen LogP contribution in [-0.2, 0) is 14.8 Å². The van der Waals surface area contributed by atoms with E-state index in [1.54, 1.807) is 33.5 Å². The van der Waals surface area contributed by atoms with Crippen LogP contribution in [-0.4, -0.2) is 62.9 Å². The fourth-order valence-electron chi connectivity index (χ4n) is 3.67. The van der Waals surface area contributed by atoms with Crippen LogP contribution in [0.5, 0.6) is 0 Å². The summed E-state index contributed by atoms with van der Waals surface area (Å²) in [6.07, 6.45) is 1.05. The van der Waals surface area contributed by atoms with Gasteiger partial charge in [0.25, 0.3) is 5.91 Å². The second-order valence-electron chi connectivity index (χ2n) is 7.20. The van der Waals surface area contributed by atoms with Crippen LogP contribution in [0.1, 0.15) is 30.6 Å². The van der Waals surface area contributed by atoms with Gasteiger partial charge in [0.15, 0.2) is 0 Å². The highest BCUT2D eigenvalue weighted by Crippen LogP contribution is 2.26. The normalized spacial score (nSPS) is 25.8. The van der Waals surface area contributed by atoms with Gasteiger partial charge in [-0.2, -0.15) is 4.31 Å². The van der Waals surface area contributed by atoms with E-state index in [0.717, 1.165) is 6.42 Å². The second-order valence-corrected chi connectivity index (χ2v) is 9.13. The molecule has 0 N–H and O–H groups in total. The van der Waals surface area contributed by atoms with Crippen molar-refractivity contribution in [3.8, 4) is 0 Å². The van der Waals surface area contributed by atoms with E-state index in [-0.39, 0.29) is 10.8 Å². The lowest BCUT2D eigenvalue weighted by Crippen LogP contribution is -2.42. The Hall–Kier alpha value is -1.44. The van der Waals surface area contributed by atoms with Gasteiger partial charge in [-0.3, -0.25) is 4.79 Å². The molecule has 6 nitrogen and oxygen atoms in total. The molecule has 2 aliphatic rings. The first-order chi connectivity index (χ1) is 11.9. The lowest BCUT2D eigenvalue weighted by molar-refractivity contribution is 0.0303. The highest BCUT2D eigenvalue weighted by molar-refractivity contribution is 7.89. The molecular formula is C18H26N2O4S. The molecule has 0 bridgehead atoms. The lowest BCUT2D eigenvalue weighted by Gasteiger charge is -2.34. The molecule has 1 aromatic carbocycles. The first kappa shape index (κ1) is 18.4. The van der Waals surface area contributed by atoms with E-state index in [4.69, 9.17) is 4.74 Å². The van der Waals surface area contributed by atoms with Crippen molar-refractivity contribution in [1.82, 2.24) is 9.21 Å². The predicted molar refractivity (Wildman–Crippen MR) is 94.9 cm³/mol. The standard InChI is InChI=1S/C18H26N2O4S/c1-14-11-15(2)13-20(12-14)25(22,23)17-5-3-16(4-6-17)18(21)19-7-9-24-10-8-19/h3-6,14-15H,7-13H2,1-2H3/t14-,15+. The molecule has 138 valence electrons. The predicted octanol–water partition coefficient (Wildman–Crippen LogP) is 1.83. The van der Waals surface area contributed by atoms with E-state index < -0.39 is 10.0 Å². The van der Waals surface area contributed by atoms with Crippen molar-refractivity contribution in [3.63, 3.8) is 0 Å². The van der Waals surface area contributed by atoms with E-state index in [0.29, 0.717) is 56.8 Å². The van der Waals surface area contributed by atoms with Crippen molar-refractivity contribution in [2.45, 2.75) is 25.2 Å². The number of carbonyl (C=O) groups excluding carboxylic acids is 1. The number of sulfonamides is 1. The molecule has 0 saturated carbocycles. The zero-order valence-electron chi connectivity index (χ0n) is 14.8. The van der Waals surface area contributed by atoms with Gasteiger partial charge in [-0.15, -0.1) is 0 Å². The Morgan fingerprint density at radius 2 is 1.60 bits per heavy atom. The van der Waals surface area contributed by atoms with Gasteiger partial charge >= 0.3 is 0 Å². The third-order valence-corrected chi connectivity index (χ3v) is 6.72. The van der Waals surface area contributed by atoms with Crippen LogP contribution in [0.4, 0.5) is 0 Å². The third kappa shape index (κ3) is 4.04. The van der Waals surface area contributed by atoms with E-state index in [9.17, 15) is 13.2 Å². The first-order valence-electron chi connectivity index (χ1n) is 8.85. The molecule has 3 rings (SSSR count). The van der Waals surface area contributed by atoms with Gasteiger partial charge in [0.05, 0.1) is 18.1 Å². The molecule has 0 unspecified atom stereocenters. The number of ether oxygens (including phenoxy) is 1. The Kier molecular flexibility index (Phi) is 5.46. The maximum absolute atomic E-state index is 12.9. The summed E-state index contributed by atoms with van der Waals surface area (Å²) in [5.74, 6) is 0.647. The van der Waals surface area contributed by atoms with Crippen LogP contribution in [0.25, 0.3) is 0 Å². The minimum absolute atomic E-state index is 0.0764. The summed E-state index contributed by atoms with van der Waals surface area (Å²) in [7, 11) is -3.51. The topological polar surface area (TPSA) is 66.9 Å². The van der Waals surface area contributed by atoms with Crippen LogP contribution in [0.2, 0.25) is 0 Å². The first-order valence-corrected chi connectivity index (χ1v) is 10.3. The Morgan fingerprint density at radius 1 is 1.04 bits per heavy atom. The number of hydrogen-bond donors (Lipinski definition) is 0. The molecule has 25 heavy (non-hydrogen) atoms. The van der Waals surface area contributed by atoms with Crippen LogP contribution in [0, 0.1) is 11.8 Å². The molecule has 2 saturated heterocycles. The molecule has 0 radical (unpaired) electrons. The highest BCUT2D eigenvalue weighted by Gasteiger charge is 2.31. The fraction of sp³-hybridized carbons (Fsp3) is 0.611. The van der Waals surface area contributed by atoms with Crippen molar-refractivity contribution < 1.29 is 17.9 Å². The Morgan fingerprint density at radius 3 is 2.16 bits per heavy atom. The number of benzene rings is 1. The molecule has 7 heteroatoms. The summed E-state index contributed by atoms with van der Waals surface area (Å²) in [5, 5.41) is 0. The van der Waals surface area contributed by atoms with Crippen LogP contribution >= 0.6 is 0 Å². The average Bonchev–Trinajstić information content (AvgIpc) is 2.61. The number of hydrogen-bond acceptors (Lipinski definition) is 4. The van der Waals surface area contributed by atoms with Crippen LogP contribution in [0.3, 0.4) is 0 Å². The fourth-order valence-corrected chi connectivity index (χ4v) is 5.35. The number of amides is 1. The van der Waals surface area contributed by atoms with E-state index in [1.165, 1.54) is 0 Å². The Balaban J connectivity index is 1.75. The largest absolute Gasteiger partial charge is 0.378 e. The molecule has 2 atom stereocenters. The van der Waals surface area contributed by atoms with Gasteiger partial charge in [-0.05, 0) is 42.5 Å². The van der Waals surface area contributed by atoms with Gasteiger partial charge in [0.1, 0.15) is 0 Å². The van der Waals surface area contributed by atoms with Crippen molar-refractivity contribution >= 4 is 15.9 Å². The molecule has 1 amide bonds. The third-order valence-electron chi connectivity index (χ3n) is 4.87. The van der Waals surface area contributed by atoms with Gasteiger partial charge in [0.2, 0.25) is 10.0 Å². The van der Waals surface area contributed by atoms with Crippen molar-refractivity contribution in [2.24, 2.45) is 11.8 Å². The van der Waals surface area contributed by atoms with E-state index >= 15 is 0 Å². The summed E-state index contributed by atoms with van der Waals surface area (Å²) in [6.45, 7) is 7.52. The van der Waals surface area contributed by atoms with Gasteiger partial charge in [-0.1, -0.05) is 13.8 Å². The molecule has 0 aromatic heterocycles. The zero-order valence-corrected chi connectivity index (χ0v) is 15.7. The molecule has 2 aliphatic heterocycles. The average molecular weight is 366 g/mol. The van der Waals surface area contributed by atoms with Gasteiger partial charge in [-0.25, -0.2) is 8.42 Å². The van der Waals surface area contributed by atoms with Crippen LogP contribution < -0.4 is 0 Å². The molecule has 2 fully saturated rings. The quantitative estimate of drug-likeness (QED) is 0.818. The zero-order chi connectivity index (χ0) is 18.0. The van der Waals surface area contributed by atoms with E-state index in [1.807, 2.05) is 0 Å². The molecule has 2 heterocycles. The summed E-state index contributed by atoms with van der Waals surface area (Å²) in [5.41, 5.74) is 0.515. The minimum atomic E-state index is -3.51. The monoisotopic (exact) mass is 366 g/mol. The van der Waals surface area contributed by atoms with Gasteiger partial charge < -0.3 is 9.64 Å². The molecule has 0 spiro atoms. The van der Waals surface area contributed by atoms with Crippen molar-refractivity contribution in [2.75, 3.05) is 39.4 Å². The van der Waals surface area contributed by atoms with Crippen LogP contribution in [0.15, 0.2) is 29.2 Å². The Labute approximate surface area is 149 Å². The SMILES string of the molecule is C[C@@H]1C[C@H](C)CN(S(=O)(=O)c2ccc(C(=O)N3CCOCC3)cc2)C1. The summed E-state index contributed by atoms with van der Waals surface area (Å²) in [4.78, 5) is 14.5. The maximum atomic E-state index is 12.9. The molecular weight excluding hydrogens is 340 g/mol. The molecule has 1 aromatic rings. The summed E-state index contributed by atoms with van der Waals surface area (Å²) in [6, 6.07) is 6.32. The summed E-state index contributed by atoms with van der Waals surface area (Å²) < 4.78 is 32.6. The van der Waals surface area contributed by atoms with Crippen molar-refractivity contribution in [1.29, 1.82) is 0 Å². The molecule has 0 aliphatic carbocycles. The summed E-state index contributed by atoms with van der Waals surface area (Å²) >= 11 is 0. The highest BCUT2D eigenvalue weighted by atomic mass is 32.2. The number of piperidine rings is 1. The number of rotatable bonds is 3. The number of morpholine rings is 1. The maximum Gasteiger partial charge on any atom is 0.254 e. The van der Waals surface area contributed by atoms with Crippen molar-refractivity contribution in [3.05, 3.63) is 29.8 Å². The minimum Gasteiger partial charge on any atom is -0.378 e. The Bertz CT molecular complexity index is 701. The van der Waals surface area contributed by atoms with Gasteiger partial charge in [0, 0.05) is 31.7 Å².